The van der Waals surface area contributed by atoms with Gasteiger partial charge in [0.05, 0.1) is 0 Å². The number of aliphatic hydroxyl groups is 2. The molecule has 2 N–H and O–H groups in total. The van der Waals surface area contributed by atoms with E-state index < -0.39 is 80.6 Å². The Hall–Kier alpha value is -3.56. The molecule has 47 heavy (non-hydrogen) atoms. The second kappa shape index (κ2) is 12.8. The van der Waals surface area contributed by atoms with Gasteiger partial charge in [-0.2, -0.15) is 0 Å². The molecule has 0 aliphatic rings. The van der Waals surface area contributed by atoms with Crippen LogP contribution < -0.4 is 0 Å². The number of nitrogens with zero attached hydrogens (tertiary/aromatic N) is 2. The molecule has 0 aliphatic carbocycles. The van der Waals surface area contributed by atoms with E-state index in [2.05, 4.69) is 0 Å². The van der Waals surface area contributed by atoms with Crippen molar-refractivity contribution in [1.82, 2.24) is 9.13 Å². The summed E-state index contributed by atoms with van der Waals surface area (Å²) in [5, 5.41) is 20.6. The van der Waals surface area contributed by atoms with Crippen molar-refractivity contribution in [2.24, 2.45) is 0 Å². The summed E-state index contributed by atoms with van der Waals surface area (Å²) < 4.78 is 170. The molecule has 4 nitrogen and oxygen atoms in total. The Balaban J connectivity index is 2.32. The van der Waals surface area contributed by atoms with Gasteiger partial charge < -0.3 is 0 Å². The first-order chi connectivity index (χ1) is 21.6. The zero-order valence-corrected chi connectivity index (χ0v) is 25.1. The topological polar surface area (TPSA) is 50.3 Å². The molecule has 1 aromatic heterocycles. The molecule has 0 unspecified atom stereocenters. The molecule has 1 heterocycles. The minimum atomic E-state index is -6.41. The van der Waals surface area contributed by atoms with Crippen LogP contribution in [0.1, 0.15) is 5.56 Å². The van der Waals surface area contributed by atoms with E-state index in [0.717, 1.165) is 0 Å². The summed E-state index contributed by atoms with van der Waals surface area (Å²) in [6, 6.07) is 20.0. The molecule has 256 valence electrons. The molecule has 0 bridgehead atoms. The Morgan fingerprint density at radius 3 is 1.09 bits per heavy atom. The summed E-state index contributed by atoms with van der Waals surface area (Å²) in [4.78, 5) is 0. The molecule has 17 heteroatoms. The number of imidazole rings is 1. The van der Waals surface area contributed by atoms with E-state index in [1.807, 2.05) is 0 Å². The van der Waals surface area contributed by atoms with Gasteiger partial charge in [0.15, 0.2) is 0 Å². The second-order valence-corrected chi connectivity index (χ2v) is 12.0. The Labute approximate surface area is 264 Å². The molecule has 0 atom stereocenters. The number of aromatic nitrogens is 2. The van der Waals surface area contributed by atoms with E-state index in [4.69, 9.17) is 0 Å². The summed E-state index contributed by atoms with van der Waals surface area (Å²) >= 11 is -1.97. The molecule has 0 saturated heterocycles. The average molecular weight is 772 g/mol. The van der Waals surface area contributed by atoms with E-state index in [-0.39, 0.29) is 25.8 Å². The fourth-order valence-electron chi connectivity index (χ4n) is 4.52. The van der Waals surface area contributed by atoms with Crippen molar-refractivity contribution >= 4 is 4.61 Å². The van der Waals surface area contributed by atoms with E-state index in [9.17, 15) is 62.9 Å². The normalized spacial score (nSPS) is 13.6. The summed E-state index contributed by atoms with van der Waals surface area (Å²) in [5.74, 6) is 0. The number of hydrogen-bond acceptors (Lipinski definition) is 2. The molecule has 0 spiro atoms. The molecule has 3 aromatic carbocycles. The van der Waals surface area contributed by atoms with Crippen LogP contribution in [0.25, 0.3) is 22.5 Å². The zero-order valence-electron chi connectivity index (χ0n) is 23.3. The first-order valence-electron chi connectivity index (χ1n) is 13.1. The third-order valence-electron chi connectivity index (χ3n) is 7.00. The van der Waals surface area contributed by atoms with E-state index in [1.54, 1.807) is 6.07 Å². The average Bonchev–Trinajstić information content (AvgIpc) is 3.27. The van der Waals surface area contributed by atoms with E-state index in [1.165, 1.54) is 89.5 Å². The van der Waals surface area contributed by atoms with Gasteiger partial charge in [0, 0.05) is 0 Å². The van der Waals surface area contributed by atoms with Gasteiger partial charge in [-0.3, -0.25) is 0 Å². The molecule has 0 amide bonds. The van der Waals surface area contributed by atoms with Gasteiger partial charge in [-0.15, -0.1) is 0 Å². The molecule has 0 radical (unpaired) electrons. The van der Waals surface area contributed by atoms with Gasteiger partial charge in [-0.25, -0.2) is 0 Å². The first kappa shape index (κ1) is 36.3. The standard InChI is InChI=1S/C23H16F12N2O2.C7H6.Ru/c24-20(25,26)18(38,21(27,28)29)11-36-13-37(12-19(39,22(30,31)32)23(33,34)35)17(15-9-5-2-6-10-15)16(36)14-7-3-1-4-8-14;1-7-5-3-2-4-6-7;/h1-10,38-39H,11-12H2;1-6H;. The first-order valence-corrected chi connectivity index (χ1v) is 15.0. The fraction of sp³-hybridized carbons (Fsp3) is 0.267. The number of halogens is 12. The number of rotatable bonds is 7. The Bertz CT molecular complexity index is 1650. The van der Waals surface area contributed by atoms with Gasteiger partial charge in [0.25, 0.3) is 0 Å². The Morgan fingerprint density at radius 1 is 0.489 bits per heavy atom. The van der Waals surface area contributed by atoms with Crippen LogP contribution in [-0.2, 0) is 29.3 Å². The Kier molecular flexibility index (Phi) is 9.89. The number of alkyl halides is 12. The molecule has 0 saturated carbocycles. The van der Waals surface area contributed by atoms with Crippen LogP contribution in [0.2, 0.25) is 0 Å². The quantitative estimate of drug-likeness (QED) is 0.149. The number of benzene rings is 3. The SMILES string of the molecule is OC(Cn1c(-c2ccccc2)c(-c2ccccc2)n(CC(O)(C(F)(F)F)C(F)(F)F)[c]1=[Ru]=[CH]c1ccccc1)(C(F)(F)F)C(F)(F)F. The van der Waals surface area contributed by atoms with Crippen LogP contribution >= 0.6 is 0 Å². The van der Waals surface area contributed by atoms with Crippen molar-refractivity contribution in [2.45, 2.75) is 49.0 Å². The summed E-state index contributed by atoms with van der Waals surface area (Å²) in [6.07, 6.45) is -25.6. The van der Waals surface area contributed by atoms with Crippen LogP contribution in [-0.4, -0.2) is 59.9 Å². The minimum absolute atomic E-state index is 0.208. The summed E-state index contributed by atoms with van der Waals surface area (Å²) in [7, 11) is 0. The predicted molar refractivity (Wildman–Crippen MR) is 142 cm³/mol. The fourth-order valence-corrected chi connectivity index (χ4v) is 6.57. The van der Waals surface area contributed by atoms with Gasteiger partial charge in [0.1, 0.15) is 0 Å². The monoisotopic (exact) mass is 772 g/mol. The second-order valence-electron chi connectivity index (χ2n) is 10.2. The molecular formula is C30H22F12N2O2Ru. The van der Waals surface area contributed by atoms with Crippen LogP contribution in [0.4, 0.5) is 52.7 Å². The van der Waals surface area contributed by atoms with Gasteiger partial charge in [-0.05, 0) is 0 Å². The van der Waals surface area contributed by atoms with E-state index in [0.29, 0.717) is 0 Å². The molecule has 4 rings (SSSR count). The third kappa shape index (κ3) is 7.02. The predicted octanol–water partition coefficient (Wildman–Crippen LogP) is 7.80. The van der Waals surface area contributed by atoms with Crippen LogP contribution in [0, 0.1) is 4.01 Å². The maximum absolute atomic E-state index is 14.1. The van der Waals surface area contributed by atoms with Crippen LogP contribution in [0.3, 0.4) is 0 Å². The van der Waals surface area contributed by atoms with Gasteiger partial charge in [0.2, 0.25) is 0 Å². The zero-order chi connectivity index (χ0) is 35.1. The summed E-state index contributed by atoms with van der Waals surface area (Å²) in [6.45, 7) is -4.81. The van der Waals surface area contributed by atoms with Gasteiger partial charge in [-0.1, -0.05) is 0 Å². The van der Waals surface area contributed by atoms with Crippen molar-refractivity contribution < 1.29 is 79.1 Å². The number of hydrogen-bond donors (Lipinski definition) is 2. The molecule has 4 aromatic rings. The molecular weight excluding hydrogens is 749 g/mol. The third-order valence-corrected chi connectivity index (χ3v) is 9.22. The van der Waals surface area contributed by atoms with E-state index >= 15 is 0 Å². The van der Waals surface area contributed by atoms with Crippen molar-refractivity contribution in [1.29, 1.82) is 0 Å². The summed E-state index contributed by atoms with van der Waals surface area (Å²) in [5.41, 5.74) is -12.5. The van der Waals surface area contributed by atoms with Crippen LogP contribution in [0.5, 0.6) is 0 Å². The van der Waals surface area contributed by atoms with Crippen molar-refractivity contribution in [2.75, 3.05) is 0 Å². The molecule has 0 aliphatic heterocycles. The van der Waals surface area contributed by atoms with Crippen molar-refractivity contribution in [3.8, 4) is 22.5 Å². The van der Waals surface area contributed by atoms with Crippen molar-refractivity contribution in [3.63, 3.8) is 0 Å². The van der Waals surface area contributed by atoms with Gasteiger partial charge >= 0.3 is 265 Å². The maximum atomic E-state index is 14.1. The van der Waals surface area contributed by atoms with Crippen molar-refractivity contribution in [3.05, 3.63) is 101 Å². The van der Waals surface area contributed by atoms with Crippen LogP contribution in [0.15, 0.2) is 91.0 Å². The Morgan fingerprint density at radius 2 is 0.787 bits per heavy atom. The molecule has 0 fully saturated rings.